The third kappa shape index (κ3) is 1.21. The van der Waals surface area contributed by atoms with Crippen LogP contribution in [0.15, 0.2) is 41.3 Å². The Morgan fingerprint density at radius 1 is 1.33 bits per heavy atom. The van der Waals surface area contributed by atoms with Crippen LogP contribution in [0.1, 0.15) is 0 Å². The van der Waals surface area contributed by atoms with Crippen molar-refractivity contribution in [2.24, 2.45) is 0 Å². The average molecular weight is 180 g/mol. The lowest BCUT2D eigenvalue weighted by Crippen LogP contribution is -1.78. The van der Waals surface area contributed by atoms with Gasteiger partial charge >= 0.3 is 0 Å². The average Bonchev–Trinajstić information content (AvgIpc) is 2.57. The molecule has 2 rings (SSSR count). The molecular weight excluding hydrogens is 174 g/mol. The SMILES string of the molecule is Clc1ncccc1-c1ccoc1. The Morgan fingerprint density at radius 3 is 2.92 bits per heavy atom. The number of hydrogen-bond acceptors (Lipinski definition) is 2. The summed E-state index contributed by atoms with van der Waals surface area (Å²) in [4.78, 5) is 3.96. The van der Waals surface area contributed by atoms with Gasteiger partial charge in [0.15, 0.2) is 0 Å². The van der Waals surface area contributed by atoms with Crippen LogP contribution in [0.3, 0.4) is 0 Å². The van der Waals surface area contributed by atoms with Crippen LogP contribution < -0.4 is 0 Å². The molecule has 0 atom stereocenters. The van der Waals surface area contributed by atoms with Gasteiger partial charge in [0.25, 0.3) is 0 Å². The van der Waals surface area contributed by atoms with E-state index in [1.54, 1.807) is 18.7 Å². The molecule has 0 unspecified atom stereocenters. The number of hydrogen-bond donors (Lipinski definition) is 0. The minimum absolute atomic E-state index is 0.499. The normalized spacial score (nSPS) is 10.1. The summed E-state index contributed by atoms with van der Waals surface area (Å²) < 4.78 is 4.94. The van der Waals surface area contributed by atoms with E-state index in [4.69, 9.17) is 16.0 Å². The molecule has 0 fully saturated rings. The highest BCUT2D eigenvalue weighted by molar-refractivity contribution is 6.32. The summed E-state index contributed by atoms with van der Waals surface area (Å²) in [6.45, 7) is 0. The van der Waals surface area contributed by atoms with Gasteiger partial charge in [0.05, 0.1) is 12.5 Å². The Kier molecular flexibility index (Phi) is 1.84. The zero-order valence-corrected chi connectivity index (χ0v) is 6.95. The number of furan rings is 1. The Labute approximate surface area is 74.8 Å². The Hall–Kier alpha value is -1.28. The fourth-order valence-electron chi connectivity index (χ4n) is 1.02. The first-order chi connectivity index (χ1) is 5.88. The van der Waals surface area contributed by atoms with Gasteiger partial charge in [-0.15, -0.1) is 0 Å². The van der Waals surface area contributed by atoms with Crippen LogP contribution >= 0.6 is 11.6 Å². The predicted octanol–water partition coefficient (Wildman–Crippen LogP) is 3.00. The molecule has 0 spiro atoms. The lowest BCUT2D eigenvalue weighted by atomic mass is 10.2. The monoisotopic (exact) mass is 179 g/mol. The molecule has 0 bridgehead atoms. The van der Waals surface area contributed by atoms with Gasteiger partial charge in [-0.25, -0.2) is 4.98 Å². The second-order valence-corrected chi connectivity index (χ2v) is 2.71. The highest BCUT2D eigenvalue weighted by Gasteiger charge is 2.03. The Bertz CT molecular complexity index is 370. The molecule has 0 amide bonds. The standard InChI is InChI=1S/C9H6ClNO/c10-9-8(2-1-4-11-9)7-3-5-12-6-7/h1-6H. The summed E-state index contributed by atoms with van der Waals surface area (Å²) in [6.07, 6.45) is 4.91. The molecule has 0 saturated carbocycles. The third-order valence-electron chi connectivity index (χ3n) is 1.59. The van der Waals surface area contributed by atoms with Crippen molar-refractivity contribution < 1.29 is 4.42 Å². The molecule has 0 saturated heterocycles. The van der Waals surface area contributed by atoms with Crippen molar-refractivity contribution >= 4 is 11.6 Å². The van der Waals surface area contributed by atoms with Crippen LogP contribution in [0, 0.1) is 0 Å². The van der Waals surface area contributed by atoms with Crippen molar-refractivity contribution in [3.05, 3.63) is 42.1 Å². The lowest BCUT2D eigenvalue weighted by molar-refractivity contribution is 0.568. The molecule has 2 nitrogen and oxygen atoms in total. The number of pyridine rings is 1. The van der Waals surface area contributed by atoms with Crippen molar-refractivity contribution in [1.82, 2.24) is 4.98 Å². The van der Waals surface area contributed by atoms with Gasteiger partial charge < -0.3 is 4.42 Å². The first-order valence-corrected chi connectivity index (χ1v) is 3.89. The van der Waals surface area contributed by atoms with Crippen molar-refractivity contribution in [3.63, 3.8) is 0 Å². The van der Waals surface area contributed by atoms with E-state index in [-0.39, 0.29) is 0 Å². The van der Waals surface area contributed by atoms with Gasteiger partial charge in [-0.3, -0.25) is 0 Å². The molecule has 2 aromatic heterocycles. The van der Waals surface area contributed by atoms with Gasteiger partial charge in [-0.1, -0.05) is 11.6 Å². The summed E-state index contributed by atoms with van der Waals surface area (Å²) in [6, 6.07) is 5.59. The first-order valence-electron chi connectivity index (χ1n) is 3.51. The van der Waals surface area contributed by atoms with Crippen molar-refractivity contribution in [3.8, 4) is 11.1 Å². The van der Waals surface area contributed by atoms with Crippen LogP contribution in [0.5, 0.6) is 0 Å². The fraction of sp³-hybridized carbons (Fsp3) is 0. The molecule has 0 aliphatic heterocycles. The zero-order valence-electron chi connectivity index (χ0n) is 6.20. The third-order valence-corrected chi connectivity index (χ3v) is 1.89. The van der Waals surface area contributed by atoms with Gasteiger partial charge in [0, 0.05) is 17.3 Å². The highest BCUT2D eigenvalue weighted by atomic mass is 35.5. The van der Waals surface area contributed by atoms with Crippen molar-refractivity contribution in [2.45, 2.75) is 0 Å². The maximum atomic E-state index is 5.86. The molecule has 2 heterocycles. The molecule has 0 aliphatic carbocycles. The number of rotatable bonds is 1. The molecule has 12 heavy (non-hydrogen) atoms. The van der Waals surface area contributed by atoms with E-state index in [2.05, 4.69) is 4.98 Å². The maximum Gasteiger partial charge on any atom is 0.136 e. The van der Waals surface area contributed by atoms with Crippen LogP contribution in [0.25, 0.3) is 11.1 Å². The summed E-state index contributed by atoms with van der Waals surface area (Å²) in [5, 5.41) is 0.499. The van der Waals surface area contributed by atoms with Gasteiger partial charge in [0.2, 0.25) is 0 Å². The van der Waals surface area contributed by atoms with Gasteiger partial charge in [0.1, 0.15) is 5.15 Å². The summed E-state index contributed by atoms with van der Waals surface area (Å²) in [7, 11) is 0. The lowest BCUT2D eigenvalue weighted by Gasteiger charge is -1.97. The molecule has 0 aliphatic rings. The summed E-state index contributed by atoms with van der Waals surface area (Å²) in [5.74, 6) is 0. The van der Waals surface area contributed by atoms with Gasteiger partial charge in [-0.2, -0.15) is 0 Å². The number of nitrogens with zero attached hydrogens (tertiary/aromatic N) is 1. The van der Waals surface area contributed by atoms with E-state index >= 15 is 0 Å². The zero-order chi connectivity index (χ0) is 8.39. The second kappa shape index (κ2) is 2.99. The first kappa shape index (κ1) is 7.37. The quantitative estimate of drug-likeness (QED) is 0.629. The van der Waals surface area contributed by atoms with E-state index in [9.17, 15) is 0 Å². The van der Waals surface area contributed by atoms with Crippen LogP contribution in [-0.4, -0.2) is 4.98 Å². The van der Waals surface area contributed by atoms with Crippen LogP contribution in [0.4, 0.5) is 0 Å². The predicted molar refractivity (Wildman–Crippen MR) is 46.9 cm³/mol. The van der Waals surface area contributed by atoms with E-state index < -0.39 is 0 Å². The molecular formula is C9H6ClNO. The van der Waals surface area contributed by atoms with E-state index in [0.717, 1.165) is 11.1 Å². The van der Waals surface area contributed by atoms with E-state index in [1.165, 1.54) is 0 Å². The smallest absolute Gasteiger partial charge is 0.136 e. The van der Waals surface area contributed by atoms with Gasteiger partial charge in [-0.05, 0) is 18.2 Å². The van der Waals surface area contributed by atoms with Crippen molar-refractivity contribution in [1.29, 1.82) is 0 Å². The number of aromatic nitrogens is 1. The molecule has 3 heteroatoms. The minimum atomic E-state index is 0.499. The van der Waals surface area contributed by atoms with E-state index in [0.29, 0.717) is 5.15 Å². The molecule has 0 aromatic carbocycles. The maximum absolute atomic E-state index is 5.86. The van der Waals surface area contributed by atoms with Crippen LogP contribution in [-0.2, 0) is 0 Å². The number of halogens is 1. The molecule has 60 valence electrons. The van der Waals surface area contributed by atoms with E-state index in [1.807, 2.05) is 18.2 Å². The van der Waals surface area contributed by atoms with Crippen LogP contribution in [0.2, 0.25) is 5.15 Å². The largest absolute Gasteiger partial charge is 0.472 e. The summed E-state index contributed by atoms with van der Waals surface area (Å²) >= 11 is 5.86. The molecule has 0 radical (unpaired) electrons. The Morgan fingerprint density at radius 2 is 2.25 bits per heavy atom. The van der Waals surface area contributed by atoms with Crippen molar-refractivity contribution in [2.75, 3.05) is 0 Å². The highest BCUT2D eigenvalue weighted by Crippen LogP contribution is 2.25. The summed E-state index contributed by atoms with van der Waals surface area (Å²) in [5.41, 5.74) is 1.85. The molecule has 2 aromatic rings. The minimum Gasteiger partial charge on any atom is -0.472 e. The topological polar surface area (TPSA) is 26.0 Å². The fourth-order valence-corrected chi connectivity index (χ4v) is 1.25. The molecule has 0 N–H and O–H groups in total. The Balaban J connectivity index is 2.55. The second-order valence-electron chi connectivity index (χ2n) is 2.35.